The number of nitrogens with one attached hydrogen (secondary N) is 1. The molecular weight excluding hydrogens is 364 g/mol. The van der Waals surface area contributed by atoms with Crippen molar-refractivity contribution in [3.05, 3.63) is 29.3 Å². The standard InChI is InChI=1S/C17H19ClN2O4S/c18-12-1-3-13(4-2-12)25(23,24)17(7-8-17)15(22)20-10-9-16(11-20)6-5-14(21)19-16/h1-4H,5-11H2,(H,19,21). The molecule has 134 valence electrons. The zero-order valence-electron chi connectivity index (χ0n) is 13.6. The second-order valence-electron chi connectivity index (χ2n) is 7.26. The van der Waals surface area contributed by atoms with E-state index in [1.165, 1.54) is 24.3 Å². The van der Waals surface area contributed by atoms with Crippen molar-refractivity contribution in [1.29, 1.82) is 0 Å². The monoisotopic (exact) mass is 382 g/mol. The number of rotatable bonds is 3. The number of hydrogen-bond donors (Lipinski definition) is 1. The molecule has 2 saturated heterocycles. The molecule has 2 amide bonds. The highest BCUT2D eigenvalue weighted by Crippen LogP contribution is 2.49. The topological polar surface area (TPSA) is 83.6 Å². The van der Waals surface area contributed by atoms with Crippen LogP contribution in [0.1, 0.15) is 32.1 Å². The van der Waals surface area contributed by atoms with Gasteiger partial charge in [-0.3, -0.25) is 9.59 Å². The molecule has 1 spiro atoms. The number of hydrogen-bond acceptors (Lipinski definition) is 4. The smallest absolute Gasteiger partial charge is 0.244 e. The zero-order chi connectivity index (χ0) is 17.9. The Balaban J connectivity index is 1.58. The number of sulfone groups is 1. The van der Waals surface area contributed by atoms with E-state index in [1.54, 1.807) is 4.90 Å². The molecule has 1 aliphatic carbocycles. The summed E-state index contributed by atoms with van der Waals surface area (Å²) in [6.45, 7) is 0.881. The Morgan fingerprint density at radius 2 is 1.80 bits per heavy atom. The van der Waals surface area contributed by atoms with Crippen LogP contribution in [0.5, 0.6) is 0 Å². The van der Waals surface area contributed by atoms with Crippen LogP contribution < -0.4 is 5.32 Å². The Morgan fingerprint density at radius 3 is 2.36 bits per heavy atom. The Bertz CT molecular complexity index is 848. The summed E-state index contributed by atoms with van der Waals surface area (Å²) in [6.07, 6.45) is 2.53. The molecule has 1 N–H and O–H groups in total. The molecule has 0 bridgehead atoms. The molecule has 1 atom stereocenters. The molecule has 2 heterocycles. The van der Waals surface area contributed by atoms with E-state index >= 15 is 0 Å². The van der Waals surface area contributed by atoms with E-state index in [-0.39, 0.29) is 22.2 Å². The lowest BCUT2D eigenvalue weighted by Gasteiger charge is -2.26. The number of amides is 2. The van der Waals surface area contributed by atoms with Gasteiger partial charge in [-0.1, -0.05) is 11.6 Å². The summed E-state index contributed by atoms with van der Waals surface area (Å²) >= 11 is 5.83. The first kappa shape index (κ1) is 16.8. The van der Waals surface area contributed by atoms with Crippen LogP contribution in [-0.2, 0) is 19.4 Å². The summed E-state index contributed by atoms with van der Waals surface area (Å²) in [7, 11) is -3.76. The third kappa shape index (κ3) is 2.56. The van der Waals surface area contributed by atoms with Crippen molar-refractivity contribution in [3.8, 4) is 0 Å². The molecule has 3 aliphatic rings. The summed E-state index contributed by atoms with van der Waals surface area (Å²) in [5, 5.41) is 3.42. The van der Waals surface area contributed by atoms with Gasteiger partial charge in [0.1, 0.15) is 0 Å². The molecule has 8 heteroatoms. The highest BCUT2D eigenvalue weighted by molar-refractivity contribution is 7.94. The van der Waals surface area contributed by atoms with E-state index in [1.807, 2.05) is 0 Å². The minimum atomic E-state index is -3.76. The fourth-order valence-corrected chi connectivity index (χ4v) is 6.03. The van der Waals surface area contributed by atoms with Crippen LogP contribution in [-0.4, -0.2) is 48.5 Å². The maximum Gasteiger partial charge on any atom is 0.244 e. The molecule has 6 nitrogen and oxygen atoms in total. The number of likely N-dealkylation sites (tertiary alicyclic amines) is 1. The van der Waals surface area contributed by atoms with Crippen molar-refractivity contribution in [2.75, 3.05) is 13.1 Å². The van der Waals surface area contributed by atoms with Crippen molar-refractivity contribution < 1.29 is 18.0 Å². The van der Waals surface area contributed by atoms with Crippen LogP contribution in [0.25, 0.3) is 0 Å². The van der Waals surface area contributed by atoms with E-state index in [9.17, 15) is 18.0 Å². The van der Waals surface area contributed by atoms with Crippen molar-refractivity contribution in [3.63, 3.8) is 0 Å². The van der Waals surface area contributed by atoms with Gasteiger partial charge >= 0.3 is 0 Å². The first-order valence-corrected chi connectivity index (χ1v) is 10.2. The van der Waals surface area contributed by atoms with E-state index < -0.39 is 14.6 Å². The number of halogens is 1. The molecule has 1 aromatic carbocycles. The highest BCUT2D eigenvalue weighted by Gasteiger charge is 2.63. The number of nitrogens with zero attached hydrogens (tertiary/aromatic N) is 1. The Morgan fingerprint density at radius 1 is 1.12 bits per heavy atom. The van der Waals surface area contributed by atoms with Crippen LogP contribution in [0, 0.1) is 0 Å². The summed E-state index contributed by atoms with van der Waals surface area (Å²) < 4.78 is 24.7. The predicted octanol–water partition coefficient (Wildman–Crippen LogP) is 1.53. The summed E-state index contributed by atoms with van der Waals surface area (Å²) in [6, 6.07) is 5.95. The van der Waals surface area contributed by atoms with Gasteiger partial charge in [-0.2, -0.15) is 0 Å². The molecule has 0 aromatic heterocycles. The maximum atomic E-state index is 13.0. The minimum absolute atomic E-state index is 0.00391. The second kappa shape index (κ2) is 5.45. The Hall–Kier alpha value is -1.60. The molecule has 25 heavy (non-hydrogen) atoms. The van der Waals surface area contributed by atoms with Gasteiger partial charge in [-0.15, -0.1) is 0 Å². The molecule has 2 aliphatic heterocycles. The fourth-order valence-electron chi connectivity index (χ4n) is 3.96. The average molecular weight is 383 g/mol. The lowest BCUT2D eigenvalue weighted by molar-refractivity contribution is -0.131. The molecule has 4 rings (SSSR count). The molecule has 0 radical (unpaired) electrons. The SMILES string of the molecule is O=C1CCC2(CCN(C(=O)C3(S(=O)(=O)c4ccc(Cl)cc4)CC3)C2)N1. The number of carbonyl (C=O) groups excluding carboxylic acids is 2. The quantitative estimate of drug-likeness (QED) is 0.859. The largest absolute Gasteiger partial charge is 0.349 e. The second-order valence-corrected chi connectivity index (χ2v) is 9.95. The van der Waals surface area contributed by atoms with Crippen LogP contribution >= 0.6 is 11.6 Å². The average Bonchev–Trinajstić information content (AvgIpc) is 3.19. The molecule has 1 saturated carbocycles. The van der Waals surface area contributed by atoms with Gasteiger partial charge in [-0.05, 0) is 49.9 Å². The first-order chi connectivity index (χ1) is 11.8. The van der Waals surface area contributed by atoms with Crippen LogP contribution in [0.15, 0.2) is 29.2 Å². The van der Waals surface area contributed by atoms with Gasteiger partial charge in [0.25, 0.3) is 0 Å². The summed E-state index contributed by atoms with van der Waals surface area (Å²) in [5.74, 6) is -0.329. The van der Waals surface area contributed by atoms with E-state index in [0.717, 1.165) is 0 Å². The van der Waals surface area contributed by atoms with Crippen molar-refractivity contribution in [2.24, 2.45) is 0 Å². The molecule has 1 aromatic rings. The minimum Gasteiger partial charge on any atom is -0.349 e. The van der Waals surface area contributed by atoms with Crippen LogP contribution in [0.2, 0.25) is 5.02 Å². The predicted molar refractivity (Wildman–Crippen MR) is 91.9 cm³/mol. The van der Waals surface area contributed by atoms with Gasteiger partial charge in [0.05, 0.1) is 10.4 Å². The molecule has 1 unspecified atom stereocenters. The zero-order valence-corrected chi connectivity index (χ0v) is 15.2. The third-order valence-corrected chi connectivity index (χ3v) is 8.36. The summed E-state index contributed by atoms with van der Waals surface area (Å²) in [4.78, 5) is 26.3. The third-order valence-electron chi connectivity index (χ3n) is 5.61. The van der Waals surface area contributed by atoms with E-state index in [4.69, 9.17) is 11.6 Å². The van der Waals surface area contributed by atoms with Crippen molar-refractivity contribution >= 4 is 33.3 Å². The number of carbonyl (C=O) groups is 2. The van der Waals surface area contributed by atoms with E-state index in [2.05, 4.69) is 5.32 Å². The van der Waals surface area contributed by atoms with Gasteiger partial charge < -0.3 is 10.2 Å². The van der Waals surface area contributed by atoms with Gasteiger partial charge in [0.15, 0.2) is 14.6 Å². The Labute approximate surface area is 151 Å². The van der Waals surface area contributed by atoms with E-state index in [0.29, 0.717) is 50.2 Å². The molecular formula is C17H19ClN2O4S. The lowest BCUT2D eigenvalue weighted by atomic mass is 9.97. The van der Waals surface area contributed by atoms with Crippen LogP contribution in [0.3, 0.4) is 0 Å². The molecule has 3 fully saturated rings. The first-order valence-electron chi connectivity index (χ1n) is 8.39. The highest BCUT2D eigenvalue weighted by atomic mass is 35.5. The van der Waals surface area contributed by atoms with Gasteiger partial charge in [0.2, 0.25) is 11.8 Å². The summed E-state index contributed by atoms with van der Waals surface area (Å²) in [5.41, 5.74) is -0.368. The van der Waals surface area contributed by atoms with Crippen molar-refractivity contribution in [1.82, 2.24) is 10.2 Å². The normalized spacial score (nSPS) is 27.6. The maximum absolute atomic E-state index is 13.0. The van der Waals surface area contributed by atoms with Gasteiger partial charge in [0, 0.05) is 24.5 Å². The lowest BCUT2D eigenvalue weighted by Crippen LogP contribution is -2.48. The van der Waals surface area contributed by atoms with Crippen molar-refractivity contribution in [2.45, 2.75) is 47.3 Å². The van der Waals surface area contributed by atoms with Gasteiger partial charge in [-0.25, -0.2) is 8.42 Å². The number of benzene rings is 1. The Kier molecular flexibility index (Phi) is 3.67. The van der Waals surface area contributed by atoms with Crippen LogP contribution in [0.4, 0.5) is 0 Å². The fraction of sp³-hybridized carbons (Fsp3) is 0.529.